The van der Waals surface area contributed by atoms with Crippen LogP contribution in [0.3, 0.4) is 0 Å². The maximum Gasteiger partial charge on any atom is 0.236 e. The summed E-state index contributed by atoms with van der Waals surface area (Å²) in [6.45, 7) is 8.40. The van der Waals surface area contributed by atoms with Gasteiger partial charge < -0.3 is 23.8 Å². The number of methoxy groups -OCH3 is 1. The lowest BCUT2D eigenvalue weighted by Gasteiger charge is -2.28. The minimum atomic E-state index is 0.187. The van der Waals surface area contributed by atoms with E-state index in [1.54, 1.807) is 7.11 Å². The van der Waals surface area contributed by atoms with Gasteiger partial charge in [0.15, 0.2) is 11.5 Å². The average molecular weight is 501 g/mol. The summed E-state index contributed by atoms with van der Waals surface area (Å²) in [6.07, 6.45) is 13.4. The van der Waals surface area contributed by atoms with Gasteiger partial charge in [0, 0.05) is 32.3 Å². The van der Waals surface area contributed by atoms with E-state index in [0.717, 1.165) is 76.9 Å². The van der Waals surface area contributed by atoms with Crippen LogP contribution >= 0.6 is 0 Å². The molecule has 3 heterocycles. The first-order valence-corrected chi connectivity index (χ1v) is 13.9. The van der Waals surface area contributed by atoms with Gasteiger partial charge in [-0.05, 0) is 62.1 Å². The Morgan fingerprint density at radius 2 is 1.94 bits per heavy atom. The molecule has 7 heteroatoms. The third-order valence-corrected chi connectivity index (χ3v) is 7.62. The number of nitrogens with zero attached hydrogens (tertiary/aromatic N) is 2. The maximum atomic E-state index is 13.4. The Hall–Kier alpha value is -2.25. The van der Waals surface area contributed by atoms with Crippen molar-refractivity contribution < 1.29 is 23.7 Å². The lowest BCUT2D eigenvalue weighted by molar-refractivity contribution is -0.132. The van der Waals surface area contributed by atoms with E-state index in [9.17, 15) is 4.79 Å². The van der Waals surface area contributed by atoms with Crippen molar-refractivity contribution in [1.82, 2.24) is 9.80 Å². The molecule has 0 aromatic heterocycles. The van der Waals surface area contributed by atoms with Crippen LogP contribution in [0.2, 0.25) is 0 Å². The second-order valence-electron chi connectivity index (χ2n) is 10.3. The highest BCUT2D eigenvalue weighted by molar-refractivity contribution is 5.78. The number of hydrogen-bond donors (Lipinski definition) is 0. The molecule has 1 aromatic carbocycles. The number of likely N-dealkylation sites (tertiary alicyclic amines) is 1. The molecular weight excluding hydrogens is 456 g/mol. The van der Waals surface area contributed by atoms with Gasteiger partial charge in [0.2, 0.25) is 18.4 Å². The van der Waals surface area contributed by atoms with Crippen molar-refractivity contribution in [3.8, 4) is 17.2 Å². The zero-order chi connectivity index (χ0) is 25.3. The van der Waals surface area contributed by atoms with Crippen LogP contribution in [0.15, 0.2) is 24.3 Å². The summed E-state index contributed by atoms with van der Waals surface area (Å²) in [7, 11) is 1.66. The fourth-order valence-electron chi connectivity index (χ4n) is 5.45. The minimum absolute atomic E-state index is 0.187. The predicted molar refractivity (Wildman–Crippen MR) is 141 cm³/mol. The molecule has 2 saturated heterocycles. The number of hydrogen-bond acceptors (Lipinski definition) is 6. The molecule has 200 valence electrons. The van der Waals surface area contributed by atoms with Gasteiger partial charge in [0.1, 0.15) is 0 Å². The first-order chi connectivity index (χ1) is 17.6. The van der Waals surface area contributed by atoms with Crippen molar-refractivity contribution in [3.63, 3.8) is 0 Å². The summed E-state index contributed by atoms with van der Waals surface area (Å²) in [5, 5.41) is 0. The summed E-state index contributed by atoms with van der Waals surface area (Å²) < 4.78 is 22.8. The molecule has 36 heavy (non-hydrogen) atoms. The summed E-state index contributed by atoms with van der Waals surface area (Å²) in [5.74, 6) is 2.66. The molecule has 1 aromatic rings. The van der Waals surface area contributed by atoms with Crippen molar-refractivity contribution in [2.45, 2.75) is 83.3 Å². The van der Waals surface area contributed by atoms with E-state index >= 15 is 0 Å². The van der Waals surface area contributed by atoms with Gasteiger partial charge in [-0.25, -0.2) is 0 Å². The second-order valence-corrected chi connectivity index (χ2v) is 10.3. The lowest BCUT2D eigenvalue weighted by atomic mass is 9.95. The average Bonchev–Trinajstić information content (AvgIpc) is 3.54. The van der Waals surface area contributed by atoms with Gasteiger partial charge in [-0.2, -0.15) is 0 Å². The largest absolute Gasteiger partial charge is 0.493 e. The first-order valence-electron chi connectivity index (χ1n) is 13.9. The monoisotopic (exact) mass is 500 g/mol. The molecule has 0 saturated carbocycles. The fourth-order valence-corrected chi connectivity index (χ4v) is 5.45. The number of fused-ring (bicyclic) bond motifs is 1. The van der Waals surface area contributed by atoms with Crippen molar-refractivity contribution in [3.05, 3.63) is 29.8 Å². The Morgan fingerprint density at radius 3 is 2.64 bits per heavy atom. The third kappa shape index (κ3) is 6.74. The standard InChI is InChI=1S/C29H44N2O5/c1-4-6-13-30(14-7-5-2)28(32)20-31-19-23(16-24(31)11-12-25-10-8-9-15-34-25)22-17-26(33-3)29-27(18-22)35-21-36-29/h11-12,17-18,23-25H,4-10,13-16,19-21H2,1-3H3/b12-11+/t23-,24+,25?/m1/s1. The zero-order valence-electron chi connectivity index (χ0n) is 22.4. The molecule has 1 amide bonds. The molecule has 0 radical (unpaired) electrons. The number of rotatable bonds is 12. The van der Waals surface area contributed by atoms with Gasteiger partial charge in [-0.3, -0.25) is 9.69 Å². The number of carbonyl (C=O) groups excluding carboxylic acids is 1. The molecule has 4 rings (SSSR count). The molecule has 0 spiro atoms. The van der Waals surface area contributed by atoms with Crippen LogP contribution in [0.4, 0.5) is 0 Å². The molecular formula is C29H44N2O5. The Morgan fingerprint density at radius 1 is 1.14 bits per heavy atom. The van der Waals surface area contributed by atoms with E-state index < -0.39 is 0 Å². The topological polar surface area (TPSA) is 60.5 Å². The maximum absolute atomic E-state index is 13.4. The third-order valence-electron chi connectivity index (χ3n) is 7.62. The highest BCUT2D eigenvalue weighted by Crippen LogP contribution is 2.45. The van der Waals surface area contributed by atoms with E-state index in [1.807, 2.05) is 0 Å². The number of benzene rings is 1. The fraction of sp³-hybridized carbons (Fsp3) is 0.690. The molecule has 0 bridgehead atoms. The number of ether oxygens (including phenoxy) is 4. The Labute approximate surface area is 216 Å². The Balaban J connectivity index is 1.51. The minimum Gasteiger partial charge on any atom is -0.493 e. The smallest absolute Gasteiger partial charge is 0.236 e. The molecule has 3 atom stereocenters. The normalized spacial score (nSPS) is 23.9. The van der Waals surface area contributed by atoms with E-state index in [2.05, 4.69) is 47.9 Å². The van der Waals surface area contributed by atoms with Gasteiger partial charge in [-0.1, -0.05) is 38.8 Å². The van der Waals surface area contributed by atoms with Crippen LogP contribution in [-0.2, 0) is 9.53 Å². The van der Waals surface area contributed by atoms with E-state index in [1.165, 1.54) is 12.0 Å². The van der Waals surface area contributed by atoms with Crippen molar-refractivity contribution in [2.75, 3.05) is 46.7 Å². The zero-order valence-corrected chi connectivity index (χ0v) is 22.4. The summed E-state index contributed by atoms with van der Waals surface area (Å²) in [5.41, 5.74) is 1.17. The lowest BCUT2D eigenvalue weighted by Crippen LogP contribution is -2.42. The molecule has 0 N–H and O–H groups in total. The Bertz CT molecular complexity index is 875. The number of unbranched alkanes of at least 4 members (excludes halogenated alkanes) is 2. The molecule has 0 aliphatic carbocycles. The first kappa shape index (κ1) is 26.8. The van der Waals surface area contributed by atoms with Crippen LogP contribution in [0, 0.1) is 0 Å². The molecule has 3 aliphatic rings. The highest BCUT2D eigenvalue weighted by atomic mass is 16.7. The quantitative estimate of drug-likeness (QED) is 0.371. The number of amides is 1. The molecule has 2 fully saturated rings. The summed E-state index contributed by atoms with van der Waals surface area (Å²) in [6, 6.07) is 4.35. The van der Waals surface area contributed by atoms with E-state index in [-0.39, 0.29) is 30.8 Å². The van der Waals surface area contributed by atoms with Crippen LogP contribution < -0.4 is 14.2 Å². The van der Waals surface area contributed by atoms with Crippen LogP contribution in [-0.4, -0.2) is 74.5 Å². The molecule has 1 unspecified atom stereocenters. The summed E-state index contributed by atoms with van der Waals surface area (Å²) in [4.78, 5) is 17.9. The second kappa shape index (κ2) is 13.3. The van der Waals surface area contributed by atoms with Crippen molar-refractivity contribution in [1.29, 1.82) is 0 Å². The van der Waals surface area contributed by atoms with Gasteiger partial charge in [0.25, 0.3) is 0 Å². The highest BCUT2D eigenvalue weighted by Gasteiger charge is 2.35. The van der Waals surface area contributed by atoms with Gasteiger partial charge >= 0.3 is 0 Å². The van der Waals surface area contributed by atoms with E-state index in [4.69, 9.17) is 18.9 Å². The SMILES string of the molecule is CCCCN(CCCC)C(=O)CN1C[C@H](c2cc(OC)c3c(c2)OCO3)C[C@@H]1/C=C/C1CCCCO1. The van der Waals surface area contributed by atoms with Crippen molar-refractivity contribution >= 4 is 5.91 Å². The van der Waals surface area contributed by atoms with Crippen LogP contribution in [0.25, 0.3) is 0 Å². The van der Waals surface area contributed by atoms with Crippen LogP contribution in [0.1, 0.15) is 76.7 Å². The van der Waals surface area contributed by atoms with Crippen molar-refractivity contribution in [2.24, 2.45) is 0 Å². The predicted octanol–water partition coefficient (Wildman–Crippen LogP) is 5.14. The van der Waals surface area contributed by atoms with Gasteiger partial charge in [0.05, 0.1) is 19.8 Å². The van der Waals surface area contributed by atoms with Crippen LogP contribution in [0.5, 0.6) is 17.2 Å². The van der Waals surface area contributed by atoms with E-state index in [0.29, 0.717) is 18.0 Å². The Kier molecular flexibility index (Phi) is 9.93. The molecule has 3 aliphatic heterocycles. The molecule has 7 nitrogen and oxygen atoms in total. The summed E-state index contributed by atoms with van der Waals surface area (Å²) >= 11 is 0. The number of carbonyl (C=O) groups is 1. The van der Waals surface area contributed by atoms with Gasteiger partial charge in [-0.15, -0.1) is 0 Å².